The van der Waals surface area contributed by atoms with Crippen molar-refractivity contribution in [1.82, 2.24) is 0 Å². The molecule has 2 aromatic rings. The fraction of sp³-hybridized carbons (Fsp3) is 0.0769. The van der Waals surface area contributed by atoms with Gasteiger partial charge in [0.2, 0.25) is 0 Å². The van der Waals surface area contributed by atoms with Crippen molar-refractivity contribution in [2.75, 3.05) is 5.32 Å². The molecule has 0 bridgehead atoms. The first-order valence-corrected chi connectivity index (χ1v) is 6.37. The van der Waals surface area contributed by atoms with Gasteiger partial charge >= 0.3 is 0 Å². The Hall–Kier alpha value is -1.13. The minimum Gasteiger partial charge on any atom is -0.379 e. The summed E-state index contributed by atoms with van der Waals surface area (Å²) >= 11 is 8.93. The number of hydrogen-bond acceptors (Lipinski definition) is 1. The lowest BCUT2D eigenvalue weighted by Crippen LogP contribution is -2.02. The van der Waals surface area contributed by atoms with Gasteiger partial charge in [0.15, 0.2) is 5.82 Å². The van der Waals surface area contributed by atoms with Gasteiger partial charge in [-0.15, -0.1) is 0 Å². The third kappa shape index (κ3) is 3.00. The first kappa shape index (κ1) is 13.3. The van der Waals surface area contributed by atoms with Crippen molar-refractivity contribution in [2.45, 2.75) is 6.54 Å². The normalized spacial score (nSPS) is 10.4. The summed E-state index contributed by atoms with van der Waals surface area (Å²) in [5.74, 6) is -0.808. The Kier molecular flexibility index (Phi) is 4.19. The Balaban J connectivity index is 2.14. The van der Waals surface area contributed by atoms with E-state index in [0.717, 1.165) is 5.56 Å². The Morgan fingerprint density at radius 2 is 1.94 bits per heavy atom. The number of rotatable bonds is 3. The van der Waals surface area contributed by atoms with E-state index in [0.29, 0.717) is 16.7 Å². The molecule has 0 aliphatic carbocycles. The van der Waals surface area contributed by atoms with Gasteiger partial charge < -0.3 is 5.32 Å². The van der Waals surface area contributed by atoms with Gasteiger partial charge in [-0.3, -0.25) is 0 Å². The Morgan fingerprint density at radius 3 is 2.67 bits per heavy atom. The maximum absolute atomic E-state index is 13.6. The van der Waals surface area contributed by atoms with E-state index in [4.69, 9.17) is 11.6 Å². The van der Waals surface area contributed by atoms with E-state index in [-0.39, 0.29) is 10.8 Å². The Labute approximate surface area is 117 Å². The zero-order valence-electron chi connectivity index (χ0n) is 9.18. The van der Waals surface area contributed by atoms with Crippen molar-refractivity contribution < 1.29 is 8.78 Å². The van der Waals surface area contributed by atoms with Crippen molar-refractivity contribution in [3.63, 3.8) is 0 Å². The average molecular weight is 333 g/mol. The van der Waals surface area contributed by atoms with E-state index in [1.54, 1.807) is 18.2 Å². The van der Waals surface area contributed by atoms with Crippen molar-refractivity contribution >= 4 is 33.2 Å². The first-order chi connectivity index (χ1) is 8.58. The summed E-state index contributed by atoms with van der Waals surface area (Å²) in [5.41, 5.74) is 1.15. The topological polar surface area (TPSA) is 12.0 Å². The third-order valence-electron chi connectivity index (χ3n) is 2.44. The van der Waals surface area contributed by atoms with Crippen LogP contribution in [0.5, 0.6) is 0 Å². The summed E-state index contributed by atoms with van der Waals surface area (Å²) < 4.78 is 27.1. The second kappa shape index (κ2) is 5.67. The molecule has 1 nitrogen and oxygen atoms in total. The standard InChI is InChI=1S/C13H9BrClF2N/c14-10-6-9(16)5-4-8(10)7-18-12-3-1-2-11(15)13(12)17/h1-6,18H,7H2. The van der Waals surface area contributed by atoms with Gasteiger partial charge in [0.25, 0.3) is 0 Å². The quantitative estimate of drug-likeness (QED) is 0.834. The van der Waals surface area contributed by atoms with Crippen LogP contribution in [0.15, 0.2) is 40.9 Å². The number of benzene rings is 2. The van der Waals surface area contributed by atoms with Crippen molar-refractivity contribution in [3.05, 3.63) is 63.1 Å². The molecule has 0 fully saturated rings. The maximum Gasteiger partial charge on any atom is 0.164 e. The predicted molar refractivity (Wildman–Crippen MR) is 72.8 cm³/mol. The minimum atomic E-state index is -0.489. The van der Waals surface area contributed by atoms with Crippen LogP contribution < -0.4 is 5.32 Å². The van der Waals surface area contributed by atoms with Crippen LogP contribution in [0.25, 0.3) is 0 Å². The van der Waals surface area contributed by atoms with Crippen molar-refractivity contribution in [3.8, 4) is 0 Å². The van der Waals surface area contributed by atoms with Gasteiger partial charge in [0.05, 0.1) is 10.7 Å². The number of anilines is 1. The van der Waals surface area contributed by atoms with Crippen LogP contribution >= 0.6 is 27.5 Å². The molecular weight excluding hydrogens is 324 g/mol. The van der Waals surface area contributed by atoms with E-state index in [9.17, 15) is 8.78 Å². The first-order valence-electron chi connectivity index (χ1n) is 5.20. The van der Waals surface area contributed by atoms with Gasteiger partial charge in [0, 0.05) is 11.0 Å². The van der Waals surface area contributed by atoms with Gasteiger partial charge in [-0.1, -0.05) is 39.7 Å². The summed E-state index contributed by atoms with van der Waals surface area (Å²) in [6.45, 7) is 0.373. The molecule has 5 heteroatoms. The number of hydrogen-bond donors (Lipinski definition) is 1. The second-order valence-electron chi connectivity index (χ2n) is 3.69. The molecule has 0 aromatic heterocycles. The zero-order valence-corrected chi connectivity index (χ0v) is 11.5. The Bertz CT molecular complexity index is 575. The highest BCUT2D eigenvalue weighted by Crippen LogP contribution is 2.24. The van der Waals surface area contributed by atoms with Crippen LogP contribution in [0.3, 0.4) is 0 Å². The molecule has 0 heterocycles. The summed E-state index contributed by atoms with van der Waals surface area (Å²) in [7, 11) is 0. The molecule has 2 rings (SSSR count). The van der Waals surface area contributed by atoms with E-state index < -0.39 is 5.82 Å². The summed E-state index contributed by atoms with van der Waals surface area (Å²) in [4.78, 5) is 0. The fourth-order valence-electron chi connectivity index (χ4n) is 1.50. The van der Waals surface area contributed by atoms with Gasteiger partial charge in [-0.05, 0) is 29.8 Å². The molecule has 94 valence electrons. The van der Waals surface area contributed by atoms with E-state index in [1.807, 2.05) is 0 Å². The molecule has 0 atom stereocenters. The number of halogens is 4. The van der Waals surface area contributed by atoms with Crippen molar-refractivity contribution in [2.24, 2.45) is 0 Å². The third-order valence-corrected chi connectivity index (χ3v) is 3.47. The van der Waals surface area contributed by atoms with E-state index >= 15 is 0 Å². The summed E-state index contributed by atoms with van der Waals surface area (Å²) in [6.07, 6.45) is 0. The molecular formula is C13H9BrClF2N. The lowest BCUT2D eigenvalue weighted by atomic mass is 10.2. The van der Waals surface area contributed by atoms with Crippen LogP contribution in [0.2, 0.25) is 5.02 Å². The van der Waals surface area contributed by atoms with E-state index in [1.165, 1.54) is 18.2 Å². The molecule has 0 aliphatic rings. The lowest BCUT2D eigenvalue weighted by Gasteiger charge is -2.09. The monoisotopic (exact) mass is 331 g/mol. The molecule has 0 radical (unpaired) electrons. The zero-order chi connectivity index (χ0) is 13.1. The smallest absolute Gasteiger partial charge is 0.164 e. The highest BCUT2D eigenvalue weighted by Gasteiger charge is 2.07. The number of nitrogens with one attached hydrogen (secondary N) is 1. The molecule has 0 spiro atoms. The molecule has 0 unspecified atom stereocenters. The molecule has 2 aromatic carbocycles. The SMILES string of the molecule is Fc1ccc(CNc2cccc(Cl)c2F)c(Br)c1. The molecule has 0 saturated carbocycles. The van der Waals surface area contributed by atoms with Gasteiger partial charge in [-0.25, -0.2) is 8.78 Å². The Morgan fingerprint density at radius 1 is 1.17 bits per heavy atom. The molecule has 18 heavy (non-hydrogen) atoms. The van der Waals surface area contributed by atoms with E-state index in [2.05, 4.69) is 21.2 Å². The van der Waals surface area contributed by atoms with Crippen LogP contribution in [-0.4, -0.2) is 0 Å². The summed E-state index contributed by atoms with van der Waals surface area (Å²) in [5, 5.41) is 2.99. The highest BCUT2D eigenvalue weighted by molar-refractivity contribution is 9.10. The molecule has 1 N–H and O–H groups in total. The lowest BCUT2D eigenvalue weighted by molar-refractivity contribution is 0.625. The van der Waals surface area contributed by atoms with Crippen LogP contribution in [0, 0.1) is 11.6 Å². The van der Waals surface area contributed by atoms with Gasteiger partial charge in [0.1, 0.15) is 5.82 Å². The van der Waals surface area contributed by atoms with Crippen molar-refractivity contribution in [1.29, 1.82) is 0 Å². The maximum atomic E-state index is 13.6. The molecule has 0 amide bonds. The minimum absolute atomic E-state index is 0.0678. The van der Waals surface area contributed by atoms with Crippen LogP contribution in [-0.2, 0) is 6.54 Å². The largest absolute Gasteiger partial charge is 0.379 e. The summed E-state index contributed by atoms with van der Waals surface area (Å²) in [6, 6.07) is 9.10. The second-order valence-corrected chi connectivity index (χ2v) is 4.95. The predicted octanol–water partition coefficient (Wildman–Crippen LogP) is 4.99. The highest BCUT2D eigenvalue weighted by atomic mass is 79.9. The van der Waals surface area contributed by atoms with Crippen LogP contribution in [0.4, 0.5) is 14.5 Å². The average Bonchev–Trinajstić information content (AvgIpc) is 2.33. The molecule has 0 aliphatic heterocycles. The van der Waals surface area contributed by atoms with Crippen LogP contribution in [0.1, 0.15) is 5.56 Å². The molecule has 0 saturated heterocycles. The van der Waals surface area contributed by atoms with Gasteiger partial charge in [-0.2, -0.15) is 0 Å². The fourth-order valence-corrected chi connectivity index (χ4v) is 2.16.